The summed E-state index contributed by atoms with van der Waals surface area (Å²) < 4.78 is 29.5. The van der Waals surface area contributed by atoms with Gasteiger partial charge < -0.3 is 15.1 Å². The number of hydrogen-bond donors (Lipinski definition) is 1. The molecule has 2 aromatic rings. The van der Waals surface area contributed by atoms with Crippen molar-refractivity contribution >= 4 is 17.5 Å². The summed E-state index contributed by atoms with van der Waals surface area (Å²) in [5.41, 5.74) is 1.95. The third kappa shape index (κ3) is 4.91. The van der Waals surface area contributed by atoms with Crippen molar-refractivity contribution in [1.82, 2.24) is 25.1 Å². The summed E-state index contributed by atoms with van der Waals surface area (Å²) >= 11 is 0. The number of rotatable bonds is 7. The normalized spacial score (nSPS) is 23.1. The molecule has 0 saturated carbocycles. The molecule has 204 valence electrons. The fourth-order valence-electron chi connectivity index (χ4n) is 5.86. The zero-order valence-corrected chi connectivity index (χ0v) is 22.5. The van der Waals surface area contributed by atoms with E-state index in [2.05, 4.69) is 27.1 Å². The van der Waals surface area contributed by atoms with Gasteiger partial charge >= 0.3 is 0 Å². The maximum absolute atomic E-state index is 14.7. The van der Waals surface area contributed by atoms with Crippen LogP contribution in [0.4, 0.5) is 14.5 Å². The Morgan fingerprint density at radius 2 is 2.08 bits per heavy atom. The van der Waals surface area contributed by atoms with E-state index in [1.807, 2.05) is 13.8 Å². The predicted molar refractivity (Wildman–Crippen MR) is 140 cm³/mol. The van der Waals surface area contributed by atoms with Gasteiger partial charge in [0, 0.05) is 68.1 Å². The molecule has 0 aliphatic carbocycles. The second-order valence-corrected chi connectivity index (χ2v) is 11.5. The van der Waals surface area contributed by atoms with Crippen LogP contribution >= 0.6 is 0 Å². The van der Waals surface area contributed by atoms with Crippen LogP contribution in [0, 0.1) is 0 Å². The Balaban J connectivity index is 1.35. The molecule has 2 aromatic heterocycles. The Hall–Kier alpha value is -2.98. The fourth-order valence-corrected chi connectivity index (χ4v) is 5.86. The Bertz CT molecular complexity index is 1240. The van der Waals surface area contributed by atoms with Crippen molar-refractivity contribution in [2.45, 2.75) is 70.5 Å². The molecule has 8 nitrogen and oxygen atoms in total. The Labute approximate surface area is 222 Å². The third-order valence-corrected chi connectivity index (χ3v) is 7.88. The molecule has 2 amide bonds. The zero-order valence-electron chi connectivity index (χ0n) is 22.5. The van der Waals surface area contributed by atoms with Gasteiger partial charge in [0.25, 0.3) is 11.8 Å². The molecule has 1 fully saturated rings. The topological polar surface area (TPSA) is 81.7 Å². The number of aromatic nitrogens is 2. The lowest BCUT2D eigenvalue weighted by atomic mass is 9.91. The molecule has 5 heterocycles. The van der Waals surface area contributed by atoms with Gasteiger partial charge in [-0.3, -0.25) is 24.5 Å². The van der Waals surface area contributed by atoms with Crippen LogP contribution in [0.3, 0.4) is 0 Å². The highest BCUT2D eigenvalue weighted by atomic mass is 19.3. The number of halogens is 2. The second kappa shape index (κ2) is 9.96. The van der Waals surface area contributed by atoms with E-state index in [0.717, 1.165) is 5.69 Å². The average Bonchev–Trinajstić information content (AvgIpc) is 3.33. The molecule has 0 radical (unpaired) electrons. The number of fused-ring (bicyclic) bond motifs is 2. The second-order valence-electron chi connectivity index (χ2n) is 11.5. The van der Waals surface area contributed by atoms with E-state index in [-0.39, 0.29) is 42.4 Å². The number of amides is 2. The summed E-state index contributed by atoms with van der Waals surface area (Å²) in [6.07, 6.45) is 3.04. The van der Waals surface area contributed by atoms with Crippen LogP contribution in [0.1, 0.15) is 67.8 Å². The van der Waals surface area contributed by atoms with Crippen molar-refractivity contribution in [1.29, 1.82) is 0 Å². The van der Waals surface area contributed by atoms with Gasteiger partial charge in [-0.15, -0.1) is 0 Å². The van der Waals surface area contributed by atoms with Gasteiger partial charge in [-0.2, -0.15) is 0 Å². The van der Waals surface area contributed by atoms with Crippen molar-refractivity contribution < 1.29 is 18.4 Å². The standard InChI is InChI=1S/C28H36F2N6O2/c1-5-8-28(29,30)19-10-23-25(33-11-19)27(3,4)17-36(23)24(37)16-34-13-18(2)32-12-20(34)14-35-15-22-21(26(35)38)7-6-9-31-22/h6-7,9-11,18,20,32H,5,8,12-17H2,1-4H3/t18?,20-/m1/s1. The minimum absolute atomic E-state index is 0.0418. The van der Waals surface area contributed by atoms with Gasteiger partial charge in [0.15, 0.2) is 0 Å². The summed E-state index contributed by atoms with van der Waals surface area (Å²) in [5.74, 6) is -3.18. The molecule has 3 aliphatic rings. The zero-order chi connectivity index (χ0) is 27.2. The van der Waals surface area contributed by atoms with Crippen molar-refractivity contribution in [2.75, 3.05) is 37.6 Å². The highest BCUT2D eigenvalue weighted by Crippen LogP contribution is 2.42. The van der Waals surface area contributed by atoms with E-state index in [9.17, 15) is 18.4 Å². The van der Waals surface area contributed by atoms with Crippen LogP contribution in [0.15, 0.2) is 30.6 Å². The number of piperazine rings is 1. The average molecular weight is 527 g/mol. The molecule has 1 unspecified atom stereocenters. The van der Waals surface area contributed by atoms with Gasteiger partial charge in [0.1, 0.15) is 0 Å². The van der Waals surface area contributed by atoms with E-state index in [0.29, 0.717) is 56.1 Å². The van der Waals surface area contributed by atoms with Crippen LogP contribution in [0.2, 0.25) is 0 Å². The summed E-state index contributed by atoms with van der Waals surface area (Å²) in [5, 5.41) is 3.47. The molecular weight excluding hydrogens is 490 g/mol. The monoisotopic (exact) mass is 526 g/mol. The SMILES string of the molecule is CCCC(F)(F)c1cnc2c(c1)N(C(=O)CN1CC(C)NC[C@@H]1CN1Cc3ncccc3C1=O)CC2(C)C. The van der Waals surface area contributed by atoms with Crippen LogP contribution < -0.4 is 10.2 Å². The molecule has 38 heavy (non-hydrogen) atoms. The van der Waals surface area contributed by atoms with Crippen molar-refractivity contribution in [3.05, 3.63) is 53.1 Å². The molecule has 5 rings (SSSR count). The van der Waals surface area contributed by atoms with E-state index in [1.54, 1.807) is 35.1 Å². The molecule has 0 spiro atoms. The lowest BCUT2D eigenvalue weighted by Gasteiger charge is -2.41. The van der Waals surface area contributed by atoms with Gasteiger partial charge in [-0.25, -0.2) is 8.78 Å². The van der Waals surface area contributed by atoms with E-state index in [4.69, 9.17) is 0 Å². The third-order valence-electron chi connectivity index (χ3n) is 7.88. The largest absolute Gasteiger partial charge is 0.331 e. The first kappa shape index (κ1) is 26.6. The molecule has 2 atom stereocenters. The highest BCUT2D eigenvalue weighted by molar-refractivity contribution is 5.98. The van der Waals surface area contributed by atoms with Crippen LogP contribution in [-0.2, 0) is 22.7 Å². The molecule has 1 saturated heterocycles. The van der Waals surface area contributed by atoms with Crippen molar-refractivity contribution in [3.63, 3.8) is 0 Å². The Morgan fingerprint density at radius 3 is 2.82 bits per heavy atom. The van der Waals surface area contributed by atoms with Gasteiger partial charge in [-0.1, -0.05) is 27.2 Å². The molecule has 10 heteroatoms. The number of carbonyl (C=O) groups is 2. The quantitative estimate of drug-likeness (QED) is 0.596. The first-order chi connectivity index (χ1) is 18.0. The maximum Gasteiger partial charge on any atom is 0.274 e. The van der Waals surface area contributed by atoms with Crippen LogP contribution in [-0.4, -0.2) is 76.4 Å². The molecule has 1 N–H and O–H groups in total. The number of alkyl halides is 2. The Morgan fingerprint density at radius 1 is 1.29 bits per heavy atom. The van der Waals surface area contributed by atoms with Crippen LogP contribution in [0.5, 0.6) is 0 Å². The summed E-state index contributed by atoms with van der Waals surface area (Å²) in [4.78, 5) is 41.0. The van der Waals surface area contributed by atoms with E-state index < -0.39 is 11.3 Å². The fraction of sp³-hybridized carbons (Fsp3) is 0.571. The van der Waals surface area contributed by atoms with Crippen LogP contribution in [0.25, 0.3) is 0 Å². The van der Waals surface area contributed by atoms with Crippen molar-refractivity contribution in [3.8, 4) is 0 Å². The van der Waals surface area contributed by atoms with E-state index >= 15 is 0 Å². The minimum atomic E-state index is -2.99. The number of hydrogen-bond acceptors (Lipinski definition) is 6. The summed E-state index contributed by atoms with van der Waals surface area (Å²) in [6, 6.07) is 5.13. The van der Waals surface area contributed by atoms with Crippen molar-refractivity contribution in [2.24, 2.45) is 0 Å². The van der Waals surface area contributed by atoms with E-state index in [1.165, 1.54) is 12.3 Å². The number of pyridine rings is 2. The van der Waals surface area contributed by atoms with Gasteiger partial charge in [0.2, 0.25) is 5.91 Å². The number of anilines is 1. The smallest absolute Gasteiger partial charge is 0.274 e. The lowest BCUT2D eigenvalue weighted by molar-refractivity contribution is -0.120. The van der Waals surface area contributed by atoms with Gasteiger partial charge in [0.05, 0.1) is 35.7 Å². The number of nitrogens with one attached hydrogen (secondary N) is 1. The molecule has 3 aliphatic heterocycles. The number of nitrogens with zero attached hydrogens (tertiary/aromatic N) is 5. The summed E-state index contributed by atoms with van der Waals surface area (Å²) in [6.45, 7) is 10.5. The first-order valence-electron chi connectivity index (χ1n) is 13.4. The molecule has 0 aromatic carbocycles. The first-order valence-corrected chi connectivity index (χ1v) is 13.4. The molecule has 0 bridgehead atoms. The number of carbonyl (C=O) groups excluding carboxylic acids is 2. The minimum Gasteiger partial charge on any atom is -0.331 e. The van der Waals surface area contributed by atoms with Gasteiger partial charge in [-0.05, 0) is 25.1 Å². The lowest BCUT2D eigenvalue weighted by Crippen LogP contribution is -2.60. The predicted octanol–water partition coefficient (Wildman–Crippen LogP) is 3.31. The Kier molecular flexibility index (Phi) is 6.98. The highest BCUT2D eigenvalue weighted by Gasteiger charge is 2.43. The summed E-state index contributed by atoms with van der Waals surface area (Å²) in [7, 11) is 0. The molecular formula is C28H36F2N6O2. The maximum atomic E-state index is 14.7.